The van der Waals surface area contributed by atoms with Gasteiger partial charge in [0.1, 0.15) is 6.04 Å². The lowest BCUT2D eigenvalue weighted by Crippen LogP contribution is -1.92. The fraction of sp³-hybridized carbons (Fsp3) is 0.0714. The third-order valence-electron chi connectivity index (χ3n) is 2.71. The van der Waals surface area contributed by atoms with E-state index in [1.807, 2.05) is 42.5 Å². The van der Waals surface area contributed by atoms with Crippen LogP contribution in [0.25, 0.3) is 0 Å². The molecule has 0 N–H and O–H groups in total. The summed E-state index contributed by atoms with van der Waals surface area (Å²) >= 11 is 5.85. The van der Waals surface area contributed by atoms with Crippen molar-refractivity contribution in [3.8, 4) is 0 Å². The molecule has 2 aromatic carbocycles. The molecule has 16 heavy (non-hydrogen) atoms. The summed E-state index contributed by atoms with van der Waals surface area (Å²) < 4.78 is 0. The molecule has 0 radical (unpaired) electrons. The van der Waals surface area contributed by atoms with E-state index < -0.39 is 0 Å². The van der Waals surface area contributed by atoms with E-state index in [-0.39, 0.29) is 6.04 Å². The van der Waals surface area contributed by atoms with Crippen molar-refractivity contribution in [3.63, 3.8) is 0 Å². The molecule has 2 aromatic rings. The first-order valence-electron chi connectivity index (χ1n) is 5.23. The zero-order chi connectivity index (χ0) is 11.0. The Morgan fingerprint density at radius 3 is 2.25 bits per heavy atom. The topological polar surface area (TPSA) is 12.4 Å². The van der Waals surface area contributed by atoms with E-state index in [0.717, 1.165) is 5.02 Å². The zero-order valence-corrected chi connectivity index (χ0v) is 9.35. The van der Waals surface area contributed by atoms with Gasteiger partial charge in [0.2, 0.25) is 0 Å². The molecular formula is C14H10ClN. The highest BCUT2D eigenvalue weighted by atomic mass is 35.5. The van der Waals surface area contributed by atoms with Gasteiger partial charge in [-0.2, -0.15) is 0 Å². The lowest BCUT2D eigenvalue weighted by molar-refractivity contribution is 1.13. The first-order valence-corrected chi connectivity index (χ1v) is 5.61. The van der Waals surface area contributed by atoms with Crippen LogP contribution in [0.5, 0.6) is 0 Å². The van der Waals surface area contributed by atoms with Gasteiger partial charge in [0.05, 0.1) is 5.71 Å². The first kappa shape index (κ1) is 9.61. The summed E-state index contributed by atoms with van der Waals surface area (Å²) in [5.74, 6) is 0. The van der Waals surface area contributed by atoms with Crippen molar-refractivity contribution in [2.45, 2.75) is 6.04 Å². The van der Waals surface area contributed by atoms with Gasteiger partial charge in [-0.3, -0.25) is 4.99 Å². The van der Waals surface area contributed by atoms with Crippen molar-refractivity contribution in [1.29, 1.82) is 0 Å². The molecule has 0 saturated heterocycles. The Bertz CT molecular complexity index is 528. The average Bonchev–Trinajstić information content (AvgIpc) is 3.11. The molecule has 1 aliphatic rings. The summed E-state index contributed by atoms with van der Waals surface area (Å²) in [5, 5.41) is 0.769. The molecule has 1 atom stereocenters. The second-order valence-corrected chi connectivity index (χ2v) is 4.27. The number of aliphatic imine (C=N–C) groups is 1. The van der Waals surface area contributed by atoms with Crippen LogP contribution < -0.4 is 0 Å². The highest BCUT2D eigenvalue weighted by molar-refractivity contribution is 6.30. The van der Waals surface area contributed by atoms with E-state index in [9.17, 15) is 0 Å². The van der Waals surface area contributed by atoms with E-state index in [0.29, 0.717) is 0 Å². The Morgan fingerprint density at radius 1 is 0.875 bits per heavy atom. The van der Waals surface area contributed by atoms with Crippen LogP contribution in [-0.4, -0.2) is 5.71 Å². The van der Waals surface area contributed by atoms with Gasteiger partial charge in [-0.15, -0.1) is 0 Å². The second kappa shape index (κ2) is 3.76. The summed E-state index contributed by atoms with van der Waals surface area (Å²) in [4.78, 5) is 4.50. The minimum atomic E-state index is 0.236. The average molecular weight is 228 g/mol. The molecule has 1 nitrogen and oxygen atoms in total. The van der Waals surface area contributed by atoms with Gasteiger partial charge < -0.3 is 0 Å². The summed E-state index contributed by atoms with van der Waals surface area (Å²) in [6.45, 7) is 0. The fourth-order valence-corrected chi connectivity index (χ4v) is 1.95. The molecule has 1 unspecified atom stereocenters. The van der Waals surface area contributed by atoms with E-state index in [2.05, 4.69) is 17.1 Å². The van der Waals surface area contributed by atoms with Crippen LogP contribution >= 0.6 is 11.6 Å². The molecule has 1 heterocycles. The van der Waals surface area contributed by atoms with Gasteiger partial charge in [0.15, 0.2) is 0 Å². The maximum absolute atomic E-state index is 5.85. The molecule has 3 rings (SSSR count). The highest BCUT2D eigenvalue weighted by Crippen LogP contribution is 2.35. The summed E-state index contributed by atoms with van der Waals surface area (Å²) in [6, 6.07) is 18.4. The highest BCUT2D eigenvalue weighted by Gasteiger charge is 2.29. The Balaban J connectivity index is 1.81. The number of hydrogen-bond acceptors (Lipinski definition) is 1. The smallest absolute Gasteiger partial charge is 0.118 e. The monoisotopic (exact) mass is 227 g/mol. The van der Waals surface area contributed by atoms with Crippen LogP contribution in [0.4, 0.5) is 0 Å². The SMILES string of the molecule is Clc1ccc(C2N=C2c2ccccc2)cc1. The lowest BCUT2D eigenvalue weighted by atomic mass is 10.0. The van der Waals surface area contributed by atoms with Gasteiger partial charge in [0.25, 0.3) is 0 Å². The van der Waals surface area contributed by atoms with Crippen LogP contribution in [0.1, 0.15) is 17.2 Å². The molecule has 0 amide bonds. The first-order chi connectivity index (χ1) is 7.84. The van der Waals surface area contributed by atoms with Crippen molar-refractivity contribution in [2.75, 3.05) is 0 Å². The minimum absolute atomic E-state index is 0.236. The van der Waals surface area contributed by atoms with Crippen LogP contribution in [-0.2, 0) is 0 Å². The van der Waals surface area contributed by atoms with Crippen LogP contribution in [0.2, 0.25) is 5.02 Å². The predicted molar refractivity (Wildman–Crippen MR) is 67.2 cm³/mol. The Morgan fingerprint density at radius 2 is 1.56 bits per heavy atom. The van der Waals surface area contributed by atoms with Crippen LogP contribution in [0.15, 0.2) is 59.6 Å². The Labute approximate surface area is 99.4 Å². The van der Waals surface area contributed by atoms with Crippen molar-refractivity contribution in [3.05, 3.63) is 70.7 Å². The van der Waals surface area contributed by atoms with Crippen LogP contribution in [0.3, 0.4) is 0 Å². The molecule has 0 aliphatic carbocycles. The Hall–Kier alpha value is -1.60. The zero-order valence-electron chi connectivity index (χ0n) is 8.60. The van der Waals surface area contributed by atoms with Crippen molar-refractivity contribution in [1.82, 2.24) is 0 Å². The van der Waals surface area contributed by atoms with Gasteiger partial charge in [-0.25, -0.2) is 0 Å². The third kappa shape index (κ3) is 1.74. The molecule has 0 bridgehead atoms. The number of benzene rings is 2. The summed E-state index contributed by atoms with van der Waals surface area (Å²) in [7, 11) is 0. The van der Waals surface area contributed by atoms with E-state index in [4.69, 9.17) is 11.6 Å². The molecule has 0 aromatic heterocycles. The number of nitrogens with zero attached hydrogens (tertiary/aromatic N) is 1. The molecule has 0 fully saturated rings. The van der Waals surface area contributed by atoms with Crippen LogP contribution in [0, 0.1) is 0 Å². The minimum Gasteiger partial charge on any atom is -0.272 e. The molecule has 78 valence electrons. The van der Waals surface area contributed by atoms with E-state index in [1.54, 1.807) is 0 Å². The molecular weight excluding hydrogens is 218 g/mol. The maximum Gasteiger partial charge on any atom is 0.118 e. The second-order valence-electron chi connectivity index (χ2n) is 3.83. The molecule has 0 spiro atoms. The van der Waals surface area contributed by atoms with E-state index in [1.165, 1.54) is 16.8 Å². The van der Waals surface area contributed by atoms with Gasteiger partial charge in [-0.05, 0) is 23.3 Å². The third-order valence-corrected chi connectivity index (χ3v) is 2.97. The van der Waals surface area contributed by atoms with Crippen molar-refractivity contribution in [2.24, 2.45) is 4.99 Å². The van der Waals surface area contributed by atoms with E-state index >= 15 is 0 Å². The van der Waals surface area contributed by atoms with Gasteiger partial charge >= 0.3 is 0 Å². The molecule has 0 saturated carbocycles. The Kier molecular flexibility index (Phi) is 2.26. The standard InChI is InChI=1S/C14H10ClN/c15-12-8-6-11(7-9-12)14-13(16-14)10-4-2-1-3-5-10/h1-9,14H. The number of halogens is 1. The quantitative estimate of drug-likeness (QED) is 0.738. The maximum atomic E-state index is 5.85. The lowest BCUT2D eigenvalue weighted by Gasteiger charge is -1.98. The van der Waals surface area contributed by atoms with Crippen molar-refractivity contribution < 1.29 is 0 Å². The molecule has 2 heteroatoms. The molecule has 1 aliphatic heterocycles. The largest absolute Gasteiger partial charge is 0.272 e. The summed E-state index contributed by atoms with van der Waals surface area (Å²) in [6.07, 6.45) is 0. The number of rotatable bonds is 2. The summed E-state index contributed by atoms with van der Waals surface area (Å²) in [5.41, 5.74) is 3.59. The van der Waals surface area contributed by atoms with Gasteiger partial charge in [0, 0.05) is 5.02 Å². The fourth-order valence-electron chi connectivity index (χ4n) is 1.82. The van der Waals surface area contributed by atoms with Crippen molar-refractivity contribution >= 4 is 17.3 Å². The van der Waals surface area contributed by atoms with Gasteiger partial charge in [-0.1, -0.05) is 54.1 Å². The normalized spacial score (nSPS) is 18.1. The number of hydrogen-bond donors (Lipinski definition) is 0. The predicted octanol–water partition coefficient (Wildman–Crippen LogP) is 3.88.